The van der Waals surface area contributed by atoms with Crippen LogP contribution in [-0.4, -0.2) is 15.5 Å². The number of benzene rings is 3. The van der Waals surface area contributed by atoms with Crippen molar-refractivity contribution < 1.29 is 4.79 Å². The van der Waals surface area contributed by atoms with E-state index < -0.39 is 0 Å². The molecule has 0 N–H and O–H groups in total. The molecular formula is C22H20N2O. The standard InChI is InChI=1S/C22H20N2O/c1-22(2,3)21-23-18-13-6-7-14-19(18)24(21)20(25)17-12-8-10-15-9-4-5-11-16(15)17/h4-14H,1-3H3. The molecule has 1 aromatic heterocycles. The van der Waals surface area contributed by atoms with Gasteiger partial charge >= 0.3 is 0 Å². The van der Waals surface area contributed by atoms with E-state index in [2.05, 4.69) is 20.8 Å². The van der Waals surface area contributed by atoms with E-state index in [4.69, 9.17) is 4.98 Å². The zero-order valence-electron chi connectivity index (χ0n) is 14.7. The van der Waals surface area contributed by atoms with Crippen LogP contribution < -0.4 is 0 Å². The highest BCUT2D eigenvalue weighted by Crippen LogP contribution is 2.28. The summed E-state index contributed by atoms with van der Waals surface area (Å²) in [5, 5.41) is 2.03. The van der Waals surface area contributed by atoms with Crippen LogP contribution in [0.25, 0.3) is 21.8 Å². The molecule has 0 aliphatic heterocycles. The van der Waals surface area contributed by atoms with Crippen LogP contribution in [0.2, 0.25) is 0 Å². The van der Waals surface area contributed by atoms with Crippen molar-refractivity contribution in [2.24, 2.45) is 0 Å². The minimum atomic E-state index is -0.237. The fourth-order valence-corrected chi connectivity index (χ4v) is 3.27. The number of hydrogen-bond acceptors (Lipinski definition) is 2. The van der Waals surface area contributed by atoms with E-state index >= 15 is 0 Å². The predicted molar refractivity (Wildman–Crippen MR) is 102 cm³/mol. The van der Waals surface area contributed by atoms with E-state index in [-0.39, 0.29) is 11.3 Å². The van der Waals surface area contributed by atoms with Crippen LogP contribution in [0.4, 0.5) is 0 Å². The summed E-state index contributed by atoms with van der Waals surface area (Å²) in [6.45, 7) is 6.25. The molecule has 0 fully saturated rings. The first-order valence-electron chi connectivity index (χ1n) is 8.47. The summed E-state index contributed by atoms with van der Waals surface area (Å²) in [5.41, 5.74) is 2.16. The van der Waals surface area contributed by atoms with Crippen molar-refractivity contribution in [1.29, 1.82) is 0 Å². The Labute approximate surface area is 146 Å². The molecule has 25 heavy (non-hydrogen) atoms. The highest BCUT2D eigenvalue weighted by Gasteiger charge is 2.27. The lowest BCUT2D eigenvalue weighted by molar-refractivity contribution is 0.0959. The molecule has 0 amide bonds. The molecule has 4 rings (SSSR count). The Morgan fingerprint density at radius 2 is 1.56 bits per heavy atom. The van der Waals surface area contributed by atoms with Gasteiger partial charge in [0.2, 0.25) is 0 Å². The van der Waals surface area contributed by atoms with Crippen LogP contribution in [0.5, 0.6) is 0 Å². The molecule has 3 aromatic carbocycles. The number of hydrogen-bond donors (Lipinski definition) is 0. The number of rotatable bonds is 1. The zero-order chi connectivity index (χ0) is 17.6. The van der Waals surface area contributed by atoms with E-state index in [0.29, 0.717) is 5.56 Å². The number of nitrogens with zero attached hydrogens (tertiary/aromatic N) is 2. The number of para-hydroxylation sites is 2. The molecule has 0 radical (unpaired) electrons. The van der Waals surface area contributed by atoms with Crippen LogP contribution in [0.3, 0.4) is 0 Å². The monoisotopic (exact) mass is 328 g/mol. The van der Waals surface area contributed by atoms with Gasteiger partial charge in [0.1, 0.15) is 5.82 Å². The van der Waals surface area contributed by atoms with Gasteiger partial charge in [0.25, 0.3) is 5.91 Å². The molecule has 3 nitrogen and oxygen atoms in total. The van der Waals surface area contributed by atoms with E-state index in [1.807, 2.05) is 66.7 Å². The second-order valence-corrected chi connectivity index (χ2v) is 7.34. The van der Waals surface area contributed by atoms with Crippen molar-refractivity contribution >= 4 is 27.7 Å². The lowest BCUT2D eigenvalue weighted by Gasteiger charge is -2.19. The van der Waals surface area contributed by atoms with Crippen LogP contribution >= 0.6 is 0 Å². The Bertz CT molecular complexity index is 1090. The molecule has 0 spiro atoms. The number of aromatic nitrogens is 2. The average Bonchev–Trinajstić information content (AvgIpc) is 3.00. The summed E-state index contributed by atoms with van der Waals surface area (Å²) in [4.78, 5) is 18.3. The van der Waals surface area contributed by atoms with Crippen molar-refractivity contribution in [2.75, 3.05) is 0 Å². The van der Waals surface area contributed by atoms with E-state index in [0.717, 1.165) is 27.6 Å². The predicted octanol–water partition coefficient (Wildman–Crippen LogP) is 5.18. The van der Waals surface area contributed by atoms with Gasteiger partial charge in [-0.05, 0) is 29.0 Å². The largest absolute Gasteiger partial charge is 0.268 e. The van der Waals surface area contributed by atoms with Gasteiger partial charge in [-0.3, -0.25) is 9.36 Å². The van der Waals surface area contributed by atoms with Gasteiger partial charge in [-0.2, -0.15) is 0 Å². The van der Waals surface area contributed by atoms with Crippen molar-refractivity contribution in [3.8, 4) is 0 Å². The molecule has 0 aliphatic carbocycles. The van der Waals surface area contributed by atoms with E-state index in [1.54, 1.807) is 4.57 Å². The molecule has 1 heterocycles. The van der Waals surface area contributed by atoms with Crippen LogP contribution in [-0.2, 0) is 5.41 Å². The van der Waals surface area contributed by atoms with Gasteiger partial charge in [0.05, 0.1) is 11.0 Å². The topological polar surface area (TPSA) is 34.9 Å². The Hall–Kier alpha value is -2.94. The Kier molecular flexibility index (Phi) is 3.46. The SMILES string of the molecule is CC(C)(C)c1nc2ccccc2n1C(=O)c1cccc2ccccc12. The number of carbonyl (C=O) groups excluding carboxylic acids is 1. The van der Waals surface area contributed by atoms with Gasteiger partial charge in [-0.15, -0.1) is 0 Å². The number of carbonyl (C=O) groups is 1. The second kappa shape index (κ2) is 5.55. The Balaban J connectivity index is 2.02. The fourth-order valence-electron chi connectivity index (χ4n) is 3.27. The number of imidazole rings is 1. The summed E-state index contributed by atoms with van der Waals surface area (Å²) in [7, 11) is 0. The first-order valence-corrected chi connectivity index (χ1v) is 8.47. The molecule has 0 saturated heterocycles. The second-order valence-electron chi connectivity index (χ2n) is 7.34. The third-order valence-electron chi connectivity index (χ3n) is 4.45. The molecule has 0 aliphatic rings. The molecule has 0 atom stereocenters. The number of fused-ring (bicyclic) bond motifs is 2. The summed E-state index contributed by atoms with van der Waals surface area (Å²) in [5.74, 6) is 0.752. The lowest BCUT2D eigenvalue weighted by atomic mass is 9.95. The van der Waals surface area contributed by atoms with Crippen molar-refractivity contribution in [3.05, 3.63) is 78.1 Å². The molecular weight excluding hydrogens is 308 g/mol. The van der Waals surface area contributed by atoms with Gasteiger partial charge in [-0.25, -0.2) is 4.98 Å². The molecule has 0 unspecified atom stereocenters. The van der Waals surface area contributed by atoms with Gasteiger partial charge in [-0.1, -0.05) is 69.3 Å². The minimum absolute atomic E-state index is 0.0320. The van der Waals surface area contributed by atoms with Crippen LogP contribution in [0.1, 0.15) is 37.0 Å². The lowest BCUT2D eigenvalue weighted by Crippen LogP contribution is -2.24. The maximum absolute atomic E-state index is 13.5. The summed E-state index contributed by atoms with van der Waals surface area (Å²) < 4.78 is 1.77. The van der Waals surface area contributed by atoms with Crippen molar-refractivity contribution in [1.82, 2.24) is 9.55 Å². The molecule has 3 heteroatoms. The first kappa shape index (κ1) is 15.6. The van der Waals surface area contributed by atoms with Gasteiger partial charge in [0.15, 0.2) is 0 Å². The van der Waals surface area contributed by atoms with Crippen molar-refractivity contribution in [2.45, 2.75) is 26.2 Å². The molecule has 0 bridgehead atoms. The fraction of sp³-hybridized carbons (Fsp3) is 0.182. The summed E-state index contributed by atoms with van der Waals surface area (Å²) in [6.07, 6.45) is 0. The van der Waals surface area contributed by atoms with E-state index in [9.17, 15) is 4.79 Å². The maximum Gasteiger partial charge on any atom is 0.264 e. The average molecular weight is 328 g/mol. The zero-order valence-corrected chi connectivity index (χ0v) is 14.7. The van der Waals surface area contributed by atoms with Crippen LogP contribution in [0.15, 0.2) is 66.7 Å². The summed E-state index contributed by atoms with van der Waals surface area (Å²) in [6, 6.07) is 21.7. The highest BCUT2D eigenvalue weighted by atomic mass is 16.2. The minimum Gasteiger partial charge on any atom is -0.268 e. The Morgan fingerprint density at radius 3 is 2.36 bits per heavy atom. The smallest absolute Gasteiger partial charge is 0.264 e. The summed E-state index contributed by atoms with van der Waals surface area (Å²) >= 11 is 0. The highest BCUT2D eigenvalue weighted by molar-refractivity contribution is 6.10. The van der Waals surface area contributed by atoms with Gasteiger partial charge < -0.3 is 0 Å². The molecule has 124 valence electrons. The van der Waals surface area contributed by atoms with Crippen LogP contribution in [0, 0.1) is 0 Å². The normalized spacial score (nSPS) is 12.0. The van der Waals surface area contributed by atoms with Gasteiger partial charge in [0, 0.05) is 11.0 Å². The first-order chi connectivity index (χ1) is 12.0. The quantitative estimate of drug-likeness (QED) is 0.483. The molecule has 4 aromatic rings. The van der Waals surface area contributed by atoms with E-state index in [1.165, 1.54) is 0 Å². The maximum atomic E-state index is 13.5. The Morgan fingerprint density at radius 1 is 0.880 bits per heavy atom. The third kappa shape index (κ3) is 2.52. The third-order valence-corrected chi connectivity index (χ3v) is 4.45. The molecule has 0 saturated carbocycles. The van der Waals surface area contributed by atoms with Crippen molar-refractivity contribution in [3.63, 3.8) is 0 Å².